The topological polar surface area (TPSA) is 150 Å². The number of hydrogen-bond donors (Lipinski definition) is 4. The number of benzene rings is 2. The number of carboxylic acids is 1. The first-order valence-corrected chi connectivity index (χ1v) is 12.2. The van der Waals surface area contributed by atoms with Gasteiger partial charge in [0.1, 0.15) is 0 Å². The highest BCUT2D eigenvalue weighted by Gasteiger charge is 2.51. The maximum absolute atomic E-state index is 13.4. The molecule has 1 saturated carbocycles. The molecule has 3 rings (SSSR count). The average molecular weight is 541 g/mol. The van der Waals surface area contributed by atoms with Gasteiger partial charge in [-0.3, -0.25) is 9.59 Å². The Kier molecular flexibility index (Phi) is 7.68. The Bertz CT molecular complexity index is 1390. The van der Waals surface area contributed by atoms with Gasteiger partial charge >= 0.3 is 5.97 Å². The van der Waals surface area contributed by atoms with Crippen LogP contribution in [0, 0.1) is 24.0 Å². The molecule has 0 radical (unpaired) electrons. The van der Waals surface area contributed by atoms with Gasteiger partial charge in [-0.1, -0.05) is 17.5 Å². The van der Waals surface area contributed by atoms with E-state index in [4.69, 9.17) is 23.1 Å². The number of halogens is 3. The van der Waals surface area contributed by atoms with Crippen LogP contribution in [-0.4, -0.2) is 53.3 Å². The summed E-state index contributed by atoms with van der Waals surface area (Å²) in [5.41, 5.74) is -1.91. The molecule has 2 aromatic carbocycles. The van der Waals surface area contributed by atoms with Gasteiger partial charge in [-0.2, -0.15) is 0 Å². The van der Waals surface area contributed by atoms with E-state index in [0.29, 0.717) is 0 Å². The van der Waals surface area contributed by atoms with Crippen LogP contribution in [-0.2, 0) is 19.4 Å². The van der Waals surface area contributed by atoms with Crippen LogP contribution in [0.3, 0.4) is 0 Å². The zero-order chi connectivity index (χ0) is 26.8. The van der Waals surface area contributed by atoms with Gasteiger partial charge in [-0.05, 0) is 43.2 Å². The molecule has 1 fully saturated rings. The fraction of sp³-hybridized carbons (Fsp3) is 0.261. The number of nitrogens with one attached hydrogen (secondary N) is 2. The highest BCUT2D eigenvalue weighted by Crippen LogP contribution is 2.43. The van der Waals surface area contributed by atoms with Crippen LogP contribution in [0.2, 0.25) is 5.02 Å². The first-order valence-electron chi connectivity index (χ1n) is 10.3. The highest BCUT2D eigenvalue weighted by atomic mass is 35.5. The van der Waals surface area contributed by atoms with Crippen molar-refractivity contribution in [3.63, 3.8) is 0 Å². The van der Waals surface area contributed by atoms with Gasteiger partial charge in [0, 0.05) is 17.3 Å². The quantitative estimate of drug-likeness (QED) is 0.375. The summed E-state index contributed by atoms with van der Waals surface area (Å²) in [6.45, 7) is 0. The lowest BCUT2D eigenvalue weighted by Gasteiger charge is -2.42. The number of sulfone groups is 1. The normalized spacial score (nSPS) is 19.9. The van der Waals surface area contributed by atoms with Crippen molar-refractivity contribution in [1.82, 2.24) is 5.32 Å². The number of aliphatic carboxylic acids is 1. The van der Waals surface area contributed by atoms with E-state index >= 15 is 0 Å². The monoisotopic (exact) mass is 540 g/mol. The molecule has 190 valence electrons. The first kappa shape index (κ1) is 27.1. The summed E-state index contributed by atoms with van der Waals surface area (Å²) in [6.07, 6.45) is 3.75. The molecule has 36 heavy (non-hydrogen) atoms. The molecule has 4 N–H and O–H groups in total. The number of carbonyl (C=O) groups excluding carboxylic acids is 2. The lowest BCUT2D eigenvalue weighted by molar-refractivity contribution is -0.141. The van der Waals surface area contributed by atoms with Gasteiger partial charge in [0.15, 0.2) is 27.5 Å². The number of carboxylic acid groups (broad SMARTS) is 1. The molecule has 0 spiro atoms. The zero-order valence-electron chi connectivity index (χ0n) is 18.3. The minimum absolute atomic E-state index is 0.0597. The number of amides is 2. The average Bonchev–Trinajstić information content (AvgIpc) is 2.78. The summed E-state index contributed by atoms with van der Waals surface area (Å²) in [7, 11) is -4.16. The standard InChI is InChI=1S/C23H19ClF2N2O7S/c1-2-18(22(31)32)28-20(29)11-23(33)9-14(10-23)36(34,35)19-7-12(3-5-15(19)24)21(30)27-13-4-6-16(25)17(26)8-13/h1,3-8,14,18,33H,9-11H2,(H,27,30)(H,28,29)(H,31,32)/t14?,18-,23?/m0/s1. The van der Waals surface area contributed by atoms with E-state index in [-0.39, 0.29) is 29.1 Å². The third-order valence-electron chi connectivity index (χ3n) is 5.54. The molecule has 1 aliphatic rings. The maximum atomic E-state index is 13.4. The summed E-state index contributed by atoms with van der Waals surface area (Å²) in [5.74, 6) is -3.57. The molecule has 0 aromatic heterocycles. The van der Waals surface area contributed by atoms with Crippen LogP contribution in [0.5, 0.6) is 0 Å². The van der Waals surface area contributed by atoms with Gasteiger partial charge < -0.3 is 20.8 Å². The van der Waals surface area contributed by atoms with Crippen LogP contribution in [0.15, 0.2) is 41.3 Å². The molecule has 1 aliphatic carbocycles. The van der Waals surface area contributed by atoms with Crippen LogP contribution in [0.25, 0.3) is 0 Å². The van der Waals surface area contributed by atoms with E-state index in [1.807, 2.05) is 11.2 Å². The van der Waals surface area contributed by atoms with Gasteiger partial charge in [0.2, 0.25) is 5.91 Å². The molecule has 1 atom stereocenters. The molecule has 2 aromatic rings. The number of aliphatic hydroxyl groups is 1. The van der Waals surface area contributed by atoms with E-state index in [1.54, 1.807) is 0 Å². The largest absolute Gasteiger partial charge is 0.479 e. The Labute approximate surface area is 209 Å². The van der Waals surface area contributed by atoms with Gasteiger partial charge in [0.05, 0.1) is 27.2 Å². The molecule has 0 bridgehead atoms. The molecule has 2 amide bonds. The SMILES string of the molecule is C#C[C@H](NC(=O)CC1(O)CC(S(=O)(=O)c2cc(C(=O)Nc3ccc(F)c(F)c3)ccc2Cl)C1)C(=O)O. The molecule has 9 nitrogen and oxygen atoms in total. The molecular formula is C23H19ClF2N2O7S. The predicted octanol–water partition coefficient (Wildman–Crippen LogP) is 2.13. The van der Waals surface area contributed by atoms with E-state index in [2.05, 4.69) is 5.32 Å². The lowest BCUT2D eigenvalue weighted by Crippen LogP contribution is -2.54. The Morgan fingerprint density at radius 2 is 1.83 bits per heavy atom. The third-order valence-corrected chi connectivity index (χ3v) is 8.14. The van der Waals surface area contributed by atoms with Gasteiger partial charge in [-0.15, -0.1) is 6.42 Å². The number of carbonyl (C=O) groups is 3. The van der Waals surface area contributed by atoms with Crippen molar-refractivity contribution >= 4 is 44.9 Å². The van der Waals surface area contributed by atoms with Crippen molar-refractivity contribution in [2.24, 2.45) is 0 Å². The Hall–Kier alpha value is -3.53. The number of anilines is 1. The summed E-state index contributed by atoms with van der Waals surface area (Å²) in [5, 5.41) is 22.4. The summed E-state index contributed by atoms with van der Waals surface area (Å²) >= 11 is 6.06. The van der Waals surface area contributed by atoms with Crippen LogP contribution in [0.1, 0.15) is 29.6 Å². The Morgan fingerprint density at radius 3 is 2.42 bits per heavy atom. The minimum Gasteiger partial charge on any atom is -0.479 e. The molecule has 0 heterocycles. The molecule has 0 unspecified atom stereocenters. The third kappa shape index (κ3) is 5.81. The van der Waals surface area contributed by atoms with Crippen molar-refractivity contribution in [2.45, 2.75) is 41.1 Å². The van der Waals surface area contributed by atoms with Crippen molar-refractivity contribution in [3.05, 3.63) is 58.6 Å². The number of terminal acetylenes is 1. The molecule has 0 saturated heterocycles. The van der Waals surface area contributed by atoms with Crippen molar-refractivity contribution in [3.8, 4) is 12.3 Å². The molecular weight excluding hydrogens is 522 g/mol. The van der Waals surface area contributed by atoms with E-state index in [9.17, 15) is 36.7 Å². The maximum Gasteiger partial charge on any atom is 0.338 e. The minimum atomic E-state index is -4.16. The lowest BCUT2D eigenvalue weighted by atomic mass is 9.77. The van der Waals surface area contributed by atoms with Crippen LogP contribution in [0.4, 0.5) is 14.5 Å². The Morgan fingerprint density at radius 1 is 1.17 bits per heavy atom. The van der Waals surface area contributed by atoms with Crippen LogP contribution >= 0.6 is 11.6 Å². The summed E-state index contributed by atoms with van der Waals surface area (Å²) in [4.78, 5) is 35.1. The van der Waals surface area contributed by atoms with E-state index < -0.39 is 67.5 Å². The second-order valence-corrected chi connectivity index (χ2v) is 10.8. The summed E-state index contributed by atoms with van der Waals surface area (Å²) < 4.78 is 52.7. The number of hydrogen-bond acceptors (Lipinski definition) is 6. The second-order valence-electron chi connectivity index (χ2n) is 8.21. The van der Waals surface area contributed by atoms with Gasteiger partial charge in [0.25, 0.3) is 5.91 Å². The van der Waals surface area contributed by atoms with E-state index in [0.717, 1.165) is 24.3 Å². The van der Waals surface area contributed by atoms with Crippen LogP contribution < -0.4 is 10.6 Å². The molecule has 0 aliphatic heterocycles. The van der Waals surface area contributed by atoms with E-state index in [1.165, 1.54) is 12.1 Å². The second kappa shape index (κ2) is 10.2. The van der Waals surface area contributed by atoms with Crippen molar-refractivity contribution in [1.29, 1.82) is 0 Å². The number of rotatable bonds is 8. The molecule has 13 heteroatoms. The Balaban J connectivity index is 1.72. The smallest absolute Gasteiger partial charge is 0.338 e. The first-order chi connectivity index (χ1) is 16.8. The van der Waals surface area contributed by atoms with Crippen molar-refractivity contribution in [2.75, 3.05) is 5.32 Å². The fourth-order valence-electron chi connectivity index (χ4n) is 3.66. The zero-order valence-corrected chi connectivity index (χ0v) is 19.9. The summed E-state index contributed by atoms with van der Waals surface area (Å²) in [6, 6.07) is 4.53. The fourth-order valence-corrected chi connectivity index (χ4v) is 6.15. The highest BCUT2D eigenvalue weighted by molar-refractivity contribution is 7.92. The van der Waals surface area contributed by atoms with Crippen molar-refractivity contribution < 1.29 is 41.8 Å². The predicted molar refractivity (Wildman–Crippen MR) is 124 cm³/mol. The van der Waals surface area contributed by atoms with Gasteiger partial charge in [-0.25, -0.2) is 22.0 Å².